The maximum Gasteiger partial charge on any atom is -0.0771 e. The number of hydrogen-bond donors (Lipinski definition) is 0. The van der Waals surface area contributed by atoms with Gasteiger partial charge in [-0.2, -0.15) is 11.6 Å². The van der Waals surface area contributed by atoms with Gasteiger partial charge in [-0.1, -0.05) is 42.8 Å². The monoisotopic (exact) mass is 596 g/mol. The van der Waals surface area contributed by atoms with Crippen molar-refractivity contribution in [1.82, 2.24) is 0 Å². The molecule has 1 aliphatic carbocycles. The van der Waals surface area contributed by atoms with Crippen molar-refractivity contribution in [2.24, 2.45) is 0 Å². The van der Waals surface area contributed by atoms with Crippen molar-refractivity contribution in [3.63, 3.8) is 0 Å². The van der Waals surface area contributed by atoms with Gasteiger partial charge in [0.05, 0.1) is 0 Å². The molecule has 0 spiro atoms. The topological polar surface area (TPSA) is 0 Å². The Kier molecular flexibility index (Phi) is 13.4. The SMILES string of the molecule is C=CCC1=CC[C-]=C1.[Cl-].[Cl-].[Zr+2]=[C](c1ccccc1)c1ccccc1.c1ccc2c(c1)[cH-]c1ccccc12. The Morgan fingerprint density at radius 3 is 1.62 bits per heavy atom. The molecule has 184 valence electrons. The predicted octanol–water partition coefficient (Wildman–Crippen LogP) is 2.77. The van der Waals surface area contributed by atoms with Gasteiger partial charge in [0.15, 0.2) is 0 Å². The van der Waals surface area contributed by atoms with Crippen LogP contribution in [0.5, 0.6) is 0 Å². The predicted molar refractivity (Wildman–Crippen MR) is 148 cm³/mol. The zero-order valence-corrected chi connectivity index (χ0v) is 24.5. The summed E-state index contributed by atoms with van der Waals surface area (Å²) in [7, 11) is 0. The maximum absolute atomic E-state index is 3.64. The zero-order chi connectivity index (χ0) is 24.3. The van der Waals surface area contributed by atoms with Crippen molar-refractivity contribution in [2.75, 3.05) is 0 Å². The number of halogens is 2. The van der Waals surface area contributed by atoms with Crippen LogP contribution in [-0.4, -0.2) is 3.21 Å². The molecule has 0 amide bonds. The maximum atomic E-state index is 3.64. The molecule has 0 radical (unpaired) electrons. The summed E-state index contributed by atoms with van der Waals surface area (Å²) in [6.07, 6.45) is 11.2. The Morgan fingerprint density at radius 2 is 1.19 bits per heavy atom. The first-order chi connectivity index (χ1) is 17.3. The zero-order valence-electron chi connectivity index (χ0n) is 20.6. The van der Waals surface area contributed by atoms with Gasteiger partial charge in [-0.15, -0.1) is 58.8 Å². The van der Waals surface area contributed by atoms with Crippen molar-refractivity contribution in [3.05, 3.63) is 163 Å². The molecule has 0 bridgehead atoms. The Labute approximate surface area is 247 Å². The van der Waals surface area contributed by atoms with E-state index in [0.29, 0.717) is 0 Å². The molecule has 0 atom stereocenters. The molecule has 0 fully saturated rings. The van der Waals surface area contributed by atoms with Crippen LogP contribution in [-0.2, 0) is 24.2 Å². The van der Waals surface area contributed by atoms with E-state index in [2.05, 4.69) is 134 Å². The fraction of sp³-hybridized carbons (Fsp3) is 0.0588. The Balaban J connectivity index is 0.000000197. The van der Waals surface area contributed by atoms with Crippen molar-refractivity contribution >= 4 is 24.8 Å². The molecular formula is C34H28Cl2Zr-2. The molecule has 0 unspecified atom stereocenters. The number of fused-ring (bicyclic) bond motifs is 3. The number of allylic oxidation sites excluding steroid dienone is 5. The van der Waals surface area contributed by atoms with Gasteiger partial charge in [0, 0.05) is 0 Å². The van der Waals surface area contributed by atoms with Crippen LogP contribution in [0.3, 0.4) is 0 Å². The van der Waals surface area contributed by atoms with E-state index in [4.69, 9.17) is 0 Å². The normalized spacial score (nSPS) is 11.1. The molecule has 0 heterocycles. The summed E-state index contributed by atoms with van der Waals surface area (Å²) in [5.41, 5.74) is 4.01. The molecule has 0 nitrogen and oxygen atoms in total. The molecule has 0 saturated heterocycles. The van der Waals surface area contributed by atoms with E-state index in [9.17, 15) is 0 Å². The van der Waals surface area contributed by atoms with Crippen LogP contribution in [0.2, 0.25) is 0 Å². The second-order valence-electron chi connectivity index (χ2n) is 8.25. The minimum absolute atomic E-state index is 0. The van der Waals surface area contributed by atoms with Gasteiger partial charge in [0.25, 0.3) is 0 Å². The fourth-order valence-electron chi connectivity index (χ4n) is 4.03. The van der Waals surface area contributed by atoms with Crippen LogP contribution in [0.15, 0.2) is 146 Å². The molecule has 5 aromatic rings. The molecule has 0 aromatic heterocycles. The summed E-state index contributed by atoms with van der Waals surface area (Å²) < 4.78 is 1.42. The van der Waals surface area contributed by atoms with E-state index < -0.39 is 0 Å². The first kappa shape index (κ1) is 30.5. The summed E-state index contributed by atoms with van der Waals surface area (Å²) in [4.78, 5) is 0. The van der Waals surface area contributed by atoms with Crippen LogP contribution in [0.1, 0.15) is 24.0 Å². The molecule has 6 rings (SSSR count). The van der Waals surface area contributed by atoms with Gasteiger partial charge >= 0.3 is 99.2 Å². The van der Waals surface area contributed by atoms with Crippen LogP contribution in [0, 0.1) is 6.08 Å². The summed E-state index contributed by atoms with van der Waals surface area (Å²) in [5, 5.41) is 5.39. The third-order valence-electron chi connectivity index (χ3n) is 5.80. The average Bonchev–Trinajstić information content (AvgIpc) is 3.58. The summed E-state index contributed by atoms with van der Waals surface area (Å²) in [5.74, 6) is 0. The first-order valence-corrected chi connectivity index (χ1v) is 13.1. The van der Waals surface area contributed by atoms with Gasteiger partial charge in [0.1, 0.15) is 0 Å². The second-order valence-corrected chi connectivity index (χ2v) is 9.48. The van der Waals surface area contributed by atoms with E-state index in [1.165, 1.54) is 65.7 Å². The van der Waals surface area contributed by atoms with E-state index in [0.717, 1.165) is 12.8 Å². The van der Waals surface area contributed by atoms with Gasteiger partial charge < -0.3 is 24.8 Å². The molecule has 0 aliphatic heterocycles. The van der Waals surface area contributed by atoms with E-state index in [1.54, 1.807) is 0 Å². The van der Waals surface area contributed by atoms with Gasteiger partial charge in [-0.3, -0.25) is 6.08 Å². The molecule has 5 aromatic carbocycles. The smallest absolute Gasteiger partial charge is 0.0771 e. The largest absolute Gasteiger partial charge is 0.126 e. The van der Waals surface area contributed by atoms with Crippen molar-refractivity contribution < 1.29 is 49.0 Å². The van der Waals surface area contributed by atoms with Gasteiger partial charge in [-0.25, -0.2) is 6.08 Å². The number of hydrogen-bond acceptors (Lipinski definition) is 0. The number of benzene rings is 4. The summed E-state index contributed by atoms with van der Waals surface area (Å²) in [6, 6.07) is 40.4. The minimum Gasteiger partial charge on any atom is -0.126 e. The Morgan fingerprint density at radius 1 is 0.730 bits per heavy atom. The van der Waals surface area contributed by atoms with Crippen molar-refractivity contribution in [1.29, 1.82) is 0 Å². The minimum atomic E-state index is 0. The van der Waals surface area contributed by atoms with E-state index in [-0.39, 0.29) is 24.8 Å². The standard InChI is InChI=1S/C13H9.C13H10.C8H9.2ClH.Zr/c1-3-7-12-10(5-1)9-11-6-2-4-8-13(11)12;1-3-7-12(8-4-1)11-13-9-5-2-6-10-13;1-2-5-8-6-3-4-7-8;;;/h1-9H;1-10H;2,6-7H,1,3,5H2;2*1H;/q-1;;-1;;;+2/p-2. The Hall–Kier alpha value is -2.70. The third-order valence-corrected chi connectivity index (χ3v) is 7.22. The fourth-order valence-corrected chi connectivity index (χ4v) is 4.85. The van der Waals surface area contributed by atoms with E-state index in [1.807, 2.05) is 12.2 Å². The summed E-state index contributed by atoms with van der Waals surface area (Å²) in [6.45, 7) is 3.64. The van der Waals surface area contributed by atoms with Crippen LogP contribution < -0.4 is 24.8 Å². The average molecular weight is 599 g/mol. The molecule has 37 heavy (non-hydrogen) atoms. The third kappa shape index (κ3) is 8.68. The first-order valence-electron chi connectivity index (χ1n) is 11.9. The Bertz CT molecular complexity index is 1370. The summed E-state index contributed by atoms with van der Waals surface area (Å²) >= 11 is 1.46. The molecule has 0 N–H and O–H groups in total. The van der Waals surface area contributed by atoms with Crippen LogP contribution in [0.4, 0.5) is 0 Å². The number of rotatable bonds is 4. The second kappa shape index (κ2) is 16.2. The molecule has 3 heteroatoms. The van der Waals surface area contributed by atoms with Gasteiger partial charge in [0.2, 0.25) is 0 Å². The molecule has 0 saturated carbocycles. The quantitative estimate of drug-likeness (QED) is 0.221. The van der Waals surface area contributed by atoms with Crippen molar-refractivity contribution in [3.8, 4) is 0 Å². The van der Waals surface area contributed by atoms with Gasteiger partial charge in [-0.05, 0) is 0 Å². The van der Waals surface area contributed by atoms with Crippen LogP contribution >= 0.6 is 0 Å². The van der Waals surface area contributed by atoms with Crippen LogP contribution in [0.25, 0.3) is 21.5 Å². The van der Waals surface area contributed by atoms with Crippen molar-refractivity contribution in [2.45, 2.75) is 12.8 Å². The molecule has 1 aliphatic rings. The van der Waals surface area contributed by atoms with E-state index >= 15 is 0 Å². The molecular weight excluding hydrogens is 571 g/mol.